The van der Waals surface area contributed by atoms with E-state index in [9.17, 15) is 4.79 Å². The number of nitrogens with one attached hydrogen (secondary N) is 2. The normalized spacial score (nSPS) is 10.2. The summed E-state index contributed by atoms with van der Waals surface area (Å²) in [6, 6.07) is 8.35. The number of carbonyl (C=O) groups is 1. The molecule has 0 radical (unpaired) electrons. The van der Waals surface area contributed by atoms with Crippen LogP contribution in [0.15, 0.2) is 36.5 Å². The van der Waals surface area contributed by atoms with Crippen LogP contribution in [0.3, 0.4) is 0 Å². The number of anilines is 2. The summed E-state index contributed by atoms with van der Waals surface area (Å²) in [7, 11) is 0. The van der Waals surface area contributed by atoms with Crippen LogP contribution in [-0.2, 0) is 0 Å². The molecule has 0 saturated carbocycles. The minimum Gasteiger partial charge on any atom is -0.384 e. The van der Waals surface area contributed by atoms with E-state index in [0.717, 1.165) is 18.7 Å². The van der Waals surface area contributed by atoms with Crippen LogP contribution in [0.25, 0.3) is 0 Å². The Balaban J connectivity index is 2.06. The fourth-order valence-corrected chi connectivity index (χ4v) is 2.25. The van der Waals surface area contributed by atoms with E-state index >= 15 is 0 Å². The summed E-state index contributed by atoms with van der Waals surface area (Å²) in [6.07, 6.45) is 2.66. The van der Waals surface area contributed by atoms with Crippen molar-refractivity contribution in [3.8, 4) is 0 Å². The molecule has 2 N–H and O–H groups in total. The molecule has 0 aliphatic rings. The molecule has 4 nitrogen and oxygen atoms in total. The lowest BCUT2D eigenvalue weighted by Gasteiger charge is -2.07. The van der Waals surface area contributed by atoms with Gasteiger partial charge in [0.25, 0.3) is 5.91 Å². The summed E-state index contributed by atoms with van der Waals surface area (Å²) in [4.78, 5) is 16.2. The predicted molar refractivity (Wildman–Crippen MR) is 87.4 cm³/mol. The van der Waals surface area contributed by atoms with Crippen LogP contribution >= 0.6 is 23.2 Å². The van der Waals surface area contributed by atoms with Gasteiger partial charge >= 0.3 is 0 Å². The summed E-state index contributed by atoms with van der Waals surface area (Å²) >= 11 is 11.8. The first kappa shape index (κ1) is 15.6. The molecule has 0 saturated heterocycles. The van der Waals surface area contributed by atoms with E-state index in [4.69, 9.17) is 23.2 Å². The van der Waals surface area contributed by atoms with Gasteiger partial charge in [-0.15, -0.1) is 0 Å². The monoisotopic (exact) mass is 323 g/mol. The first-order valence-electron chi connectivity index (χ1n) is 6.56. The topological polar surface area (TPSA) is 54.0 Å². The lowest BCUT2D eigenvalue weighted by molar-refractivity contribution is 0.102. The number of hydrogen-bond donors (Lipinski definition) is 2. The van der Waals surface area contributed by atoms with E-state index in [2.05, 4.69) is 22.5 Å². The van der Waals surface area contributed by atoms with Crippen LogP contribution in [-0.4, -0.2) is 17.4 Å². The zero-order chi connectivity index (χ0) is 15.2. The van der Waals surface area contributed by atoms with Crippen LogP contribution in [0, 0.1) is 0 Å². The van der Waals surface area contributed by atoms with Gasteiger partial charge in [-0.25, -0.2) is 4.98 Å². The number of benzene rings is 1. The standard InChI is InChI=1S/C15H15Cl2N3O/c1-2-5-18-12-3-4-14(19-9-12)15(21)20-13-7-10(16)6-11(17)8-13/h3-4,6-9,18H,2,5H2,1H3,(H,20,21). The van der Waals surface area contributed by atoms with Crippen molar-refractivity contribution in [2.75, 3.05) is 17.2 Å². The number of nitrogens with zero attached hydrogens (tertiary/aromatic N) is 1. The summed E-state index contributed by atoms with van der Waals surface area (Å²) in [6.45, 7) is 2.95. The lowest BCUT2D eigenvalue weighted by Crippen LogP contribution is -2.13. The Morgan fingerprint density at radius 1 is 1.14 bits per heavy atom. The molecular formula is C15H15Cl2N3O. The molecule has 0 fully saturated rings. The molecule has 0 aliphatic carbocycles. The molecule has 2 aromatic rings. The van der Waals surface area contributed by atoms with Crippen LogP contribution in [0.1, 0.15) is 23.8 Å². The zero-order valence-corrected chi connectivity index (χ0v) is 13.0. The van der Waals surface area contributed by atoms with Crippen LogP contribution in [0.2, 0.25) is 10.0 Å². The Bertz CT molecular complexity index is 609. The third-order valence-corrected chi connectivity index (χ3v) is 3.13. The number of aromatic nitrogens is 1. The highest BCUT2D eigenvalue weighted by Gasteiger charge is 2.08. The second kappa shape index (κ2) is 7.29. The van der Waals surface area contributed by atoms with Gasteiger partial charge in [0.2, 0.25) is 0 Å². The number of halogens is 2. The zero-order valence-electron chi connectivity index (χ0n) is 11.5. The van der Waals surface area contributed by atoms with Crippen molar-refractivity contribution >= 4 is 40.5 Å². The second-order valence-electron chi connectivity index (χ2n) is 4.47. The van der Waals surface area contributed by atoms with Crippen molar-refractivity contribution < 1.29 is 4.79 Å². The van der Waals surface area contributed by atoms with E-state index in [-0.39, 0.29) is 5.91 Å². The summed E-state index contributed by atoms with van der Waals surface area (Å²) in [5.74, 6) is -0.310. The molecule has 0 atom stereocenters. The lowest BCUT2D eigenvalue weighted by atomic mass is 10.2. The van der Waals surface area contributed by atoms with E-state index in [1.165, 1.54) is 0 Å². The SMILES string of the molecule is CCCNc1ccc(C(=O)Nc2cc(Cl)cc(Cl)c2)nc1. The first-order valence-corrected chi connectivity index (χ1v) is 7.31. The van der Waals surface area contributed by atoms with Gasteiger partial charge in [0.05, 0.1) is 11.9 Å². The molecule has 1 heterocycles. The number of pyridine rings is 1. The van der Waals surface area contributed by atoms with Crippen molar-refractivity contribution in [1.82, 2.24) is 4.98 Å². The quantitative estimate of drug-likeness (QED) is 0.853. The van der Waals surface area contributed by atoms with E-state index in [1.54, 1.807) is 30.5 Å². The molecule has 2 rings (SSSR count). The molecule has 0 aliphatic heterocycles. The van der Waals surface area contributed by atoms with Crippen molar-refractivity contribution in [2.45, 2.75) is 13.3 Å². The molecule has 1 aromatic heterocycles. The molecule has 6 heteroatoms. The minimum atomic E-state index is -0.310. The molecule has 0 unspecified atom stereocenters. The number of amides is 1. The third kappa shape index (κ3) is 4.62. The highest BCUT2D eigenvalue weighted by Crippen LogP contribution is 2.22. The first-order chi connectivity index (χ1) is 10.1. The van der Waals surface area contributed by atoms with Gasteiger partial charge in [-0.05, 0) is 36.8 Å². The van der Waals surface area contributed by atoms with Crippen LogP contribution < -0.4 is 10.6 Å². The molecular weight excluding hydrogens is 309 g/mol. The van der Waals surface area contributed by atoms with E-state index < -0.39 is 0 Å². The fourth-order valence-electron chi connectivity index (χ4n) is 1.72. The van der Waals surface area contributed by atoms with Crippen LogP contribution in [0.5, 0.6) is 0 Å². The van der Waals surface area contributed by atoms with E-state index in [1.807, 2.05) is 6.07 Å². The van der Waals surface area contributed by atoms with E-state index in [0.29, 0.717) is 21.4 Å². The van der Waals surface area contributed by atoms with Gasteiger partial charge in [0, 0.05) is 22.3 Å². The third-order valence-electron chi connectivity index (χ3n) is 2.70. The maximum atomic E-state index is 12.1. The molecule has 1 aromatic carbocycles. The second-order valence-corrected chi connectivity index (χ2v) is 5.34. The van der Waals surface area contributed by atoms with Gasteiger partial charge in [-0.3, -0.25) is 4.79 Å². The maximum absolute atomic E-state index is 12.1. The number of hydrogen-bond acceptors (Lipinski definition) is 3. The highest BCUT2D eigenvalue weighted by atomic mass is 35.5. The molecule has 0 bridgehead atoms. The van der Waals surface area contributed by atoms with Crippen molar-refractivity contribution in [3.63, 3.8) is 0 Å². The number of rotatable bonds is 5. The molecule has 0 spiro atoms. The largest absolute Gasteiger partial charge is 0.384 e. The van der Waals surface area contributed by atoms with Gasteiger partial charge in [0.1, 0.15) is 5.69 Å². The Morgan fingerprint density at radius 2 is 1.86 bits per heavy atom. The highest BCUT2D eigenvalue weighted by molar-refractivity contribution is 6.35. The summed E-state index contributed by atoms with van der Waals surface area (Å²) < 4.78 is 0. The fraction of sp³-hybridized carbons (Fsp3) is 0.200. The predicted octanol–water partition coefficient (Wildman–Crippen LogP) is 4.46. The number of carbonyl (C=O) groups excluding carboxylic acids is 1. The van der Waals surface area contributed by atoms with Crippen molar-refractivity contribution in [3.05, 3.63) is 52.3 Å². The average Bonchev–Trinajstić information content (AvgIpc) is 2.44. The van der Waals surface area contributed by atoms with Crippen LogP contribution in [0.4, 0.5) is 11.4 Å². The molecule has 21 heavy (non-hydrogen) atoms. The smallest absolute Gasteiger partial charge is 0.274 e. The van der Waals surface area contributed by atoms with Gasteiger partial charge in [0.15, 0.2) is 0 Å². The Morgan fingerprint density at radius 3 is 2.43 bits per heavy atom. The van der Waals surface area contributed by atoms with Gasteiger partial charge in [-0.2, -0.15) is 0 Å². The minimum absolute atomic E-state index is 0.310. The van der Waals surface area contributed by atoms with Crippen molar-refractivity contribution in [1.29, 1.82) is 0 Å². The van der Waals surface area contributed by atoms with Gasteiger partial charge < -0.3 is 10.6 Å². The molecule has 110 valence electrons. The summed E-state index contributed by atoms with van der Waals surface area (Å²) in [5.41, 5.74) is 1.75. The summed E-state index contributed by atoms with van der Waals surface area (Å²) in [5, 5.41) is 6.83. The average molecular weight is 324 g/mol. The maximum Gasteiger partial charge on any atom is 0.274 e. The van der Waals surface area contributed by atoms with Gasteiger partial charge in [-0.1, -0.05) is 30.1 Å². The van der Waals surface area contributed by atoms with Crippen molar-refractivity contribution in [2.24, 2.45) is 0 Å². The molecule has 1 amide bonds. The Labute approximate surface area is 133 Å². The Hall–Kier alpha value is -1.78. The Kier molecular flexibility index (Phi) is 5.42.